The van der Waals surface area contributed by atoms with E-state index in [4.69, 9.17) is 34.8 Å². The Hall–Kier alpha value is -1.27. The number of benzene rings is 1. The number of nitrogens with one attached hydrogen (secondary N) is 3. The summed E-state index contributed by atoms with van der Waals surface area (Å²) in [6.45, 7) is -0.420. The van der Waals surface area contributed by atoms with Crippen LogP contribution in [0.15, 0.2) is 24.3 Å². The molecule has 0 bridgehead atoms. The van der Waals surface area contributed by atoms with Gasteiger partial charge < -0.3 is 16.0 Å². The second kappa shape index (κ2) is 8.84. The van der Waals surface area contributed by atoms with Crippen LogP contribution in [-0.4, -0.2) is 54.2 Å². The van der Waals surface area contributed by atoms with E-state index in [2.05, 4.69) is 16.0 Å². The molecule has 1 aliphatic heterocycles. The van der Waals surface area contributed by atoms with E-state index in [0.717, 1.165) is 18.2 Å². The average molecular weight is 497 g/mol. The lowest BCUT2D eigenvalue weighted by molar-refractivity contribution is -0.137. The molecule has 0 spiro atoms. The molecule has 2 amide bonds. The zero-order valence-corrected chi connectivity index (χ0v) is 17.5. The molecule has 1 fully saturated rings. The van der Waals surface area contributed by atoms with Crippen molar-refractivity contribution in [2.75, 3.05) is 23.4 Å². The highest BCUT2D eigenvalue weighted by Gasteiger charge is 2.41. The van der Waals surface area contributed by atoms with Gasteiger partial charge >= 0.3 is 6.18 Å². The van der Waals surface area contributed by atoms with Gasteiger partial charge in [0.1, 0.15) is 0 Å². The third-order valence-electron chi connectivity index (χ3n) is 3.93. The van der Waals surface area contributed by atoms with Gasteiger partial charge in [-0.15, -0.1) is 0 Å². The van der Waals surface area contributed by atoms with E-state index >= 15 is 0 Å². The van der Waals surface area contributed by atoms with Crippen LogP contribution >= 0.6 is 34.8 Å². The molecule has 3 N–H and O–H groups in total. The lowest BCUT2D eigenvalue weighted by Gasteiger charge is -2.22. The molecule has 0 aromatic heterocycles. The number of amides is 2. The molecule has 1 aromatic rings. The Morgan fingerprint density at radius 3 is 2.31 bits per heavy atom. The third kappa shape index (κ3) is 7.18. The summed E-state index contributed by atoms with van der Waals surface area (Å²) < 4.78 is 59.6. The van der Waals surface area contributed by atoms with Gasteiger partial charge in [0.05, 0.1) is 29.7 Å². The second-order valence-electron chi connectivity index (χ2n) is 6.27. The Morgan fingerprint density at radius 1 is 1.10 bits per heavy atom. The van der Waals surface area contributed by atoms with Crippen molar-refractivity contribution in [2.45, 2.75) is 22.1 Å². The molecule has 162 valence electrons. The second-order valence-corrected chi connectivity index (χ2v) is 10.7. The van der Waals surface area contributed by atoms with E-state index < -0.39 is 61.6 Å². The van der Waals surface area contributed by atoms with Gasteiger partial charge in [0, 0.05) is 11.7 Å². The molecular formula is C15H15Cl3F3N3O4S. The smallest absolute Gasteiger partial charge is 0.347 e. The van der Waals surface area contributed by atoms with Crippen LogP contribution in [0.2, 0.25) is 0 Å². The molecule has 29 heavy (non-hydrogen) atoms. The van der Waals surface area contributed by atoms with E-state index in [9.17, 15) is 31.2 Å². The zero-order chi connectivity index (χ0) is 22.0. The number of anilines is 1. The molecule has 2 unspecified atom stereocenters. The van der Waals surface area contributed by atoms with Gasteiger partial charge in [-0.1, -0.05) is 40.9 Å². The van der Waals surface area contributed by atoms with Gasteiger partial charge in [0.15, 0.2) is 9.84 Å². The number of carbonyl (C=O) groups is 2. The van der Waals surface area contributed by atoms with Gasteiger partial charge in [0.25, 0.3) is 9.70 Å². The van der Waals surface area contributed by atoms with Gasteiger partial charge in [0.2, 0.25) is 5.91 Å². The molecule has 1 heterocycles. The predicted octanol–water partition coefficient (Wildman–Crippen LogP) is 1.89. The third-order valence-corrected chi connectivity index (χ3v) is 6.17. The molecule has 0 aliphatic carbocycles. The summed E-state index contributed by atoms with van der Waals surface area (Å²) in [6.07, 6.45) is -4.56. The lowest BCUT2D eigenvalue weighted by atomic mass is 10.1. The van der Waals surface area contributed by atoms with Crippen LogP contribution in [-0.2, 0) is 25.6 Å². The maximum atomic E-state index is 12.7. The highest BCUT2D eigenvalue weighted by atomic mass is 35.6. The molecule has 1 aliphatic rings. The van der Waals surface area contributed by atoms with E-state index in [-0.39, 0.29) is 11.4 Å². The topological polar surface area (TPSA) is 104 Å². The van der Waals surface area contributed by atoms with Gasteiger partial charge in [-0.25, -0.2) is 8.42 Å². The van der Waals surface area contributed by atoms with Crippen molar-refractivity contribution in [1.29, 1.82) is 0 Å². The van der Waals surface area contributed by atoms with Crippen molar-refractivity contribution in [3.05, 3.63) is 29.8 Å². The predicted molar refractivity (Wildman–Crippen MR) is 103 cm³/mol. The molecule has 14 heteroatoms. The Bertz CT molecular complexity index is 891. The summed E-state index contributed by atoms with van der Waals surface area (Å²) >= 11 is 16.3. The first-order chi connectivity index (χ1) is 13.2. The fraction of sp³-hybridized carbons (Fsp3) is 0.467. The lowest BCUT2D eigenvalue weighted by Crippen LogP contribution is -2.53. The van der Waals surface area contributed by atoms with Crippen molar-refractivity contribution in [2.24, 2.45) is 0 Å². The number of hydrogen-bond acceptors (Lipinski definition) is 5. The molecule has 0 saturated carbocycles. The Morgan fingerprint density at radius 2 is 1.72 bits per heavy atom. The first-order valence-corrected chi connectivity index (χ1v) is 10.9. The number of sulfone groups is 1. The van der Waals surface area contributed by atoms with Crippen molar-refractivity contribution in [3.63, 3.8) is 0 Å². The van der Waals surface area contributed by atoms with E-state index in [0.29, 0.717) is 0 Å². The van der Waals surface area contributed by atoms with Crippen LogP contribution in [0.3, 0.4) is 0 Å². The van der Waals surface area contributed by atoms with Crippen LogP contribution in [0.5, 0.6) is 0 Å². The summed E-state index contributed by atoms with van der Waals surface area (Å²) in [6, 6.07) is 2.22. The number of rotatable bonds is 5. The largest absolute Gasteiger partial charge is 0.416 e. The molecular weight excluding hydrogens is 482 g/mol. The minimum absolute atomic E-state index is 0.0771. The Kier molecular flexibility index (Phi) is 7.32. The average Bonchev–Trinajstić information content (AvgIpc) is 2.85. The SMILES string of the molecule is O=C(CNC1CS(=O)(=O)CC1NC(=O)C(Cl)(Cl)Cl)Nc1cccc(C(F)(F)F)c1. The van der Waals surface area contributed by atoms with E-state index in [1.54, 1.807) is 0 Å². The fourth-order valence-electron chi connectivity index (χ4n) is 2.64. The first-order valence-electron chi connectivity index (χ1n) is 7.96. The number of alkyl halides is 6. The van der Waals surface area contributed by atoms with E-state index in [1.165, 1.54) is 6.07 Å². The van der Waals surface area contributed by atoms with Crippen LogP contribution in [0.25, 0.3) is 0 Å². The van der Waals surface area contributed by atoms with Crippen LogP contribution in [0.1, 0.15) is 5.56 Å². The molecule has 0 radical (unpaired) electrons. The highest BCUT2D eigenvalue weighted by molar-refractivity contribution is 7.91. The standard InChI is InChI=1S/C15H15Cl3F3N3O4S/c16-14(17,18)13(26)24-11-7-29(27,28)6-10(11)22-5-12(25)23-9-3-1-2-8(4-9)15(19,20)21/h1-4,10-11,22H,5-7H2,(H,23,25)(H,24,26). The number of hydrogen-bond donors (Lipinski definition) is 3. The molecule has 1 saturated heterocycles. The molecule has 2 rings (SSSR count). The number of carbonyl (C=O) groups excluding carboxylic acids is 2. The Labute approximate surface area is 179 Å². The molecule has 2 atom stereocenters. The van der Waals surface area contributed by atoms with Gasteiger partial charge in [-0.2, -0.15) is 13.2 Å². The normalized spacial score (nSPS) is 21.6. The molecule has 1 aromatic carbocycles. The monoisotopic (exact) mass is 495 g/mol. The van der Waals surface area contributed by atoms with Crippen molar-refractivity contribution in [1.82, 2.24) is 10.6 Å². The minimum Gasteiger partial charge on any atom is -0.347 e. The summed E-state index contributed by atoms with van der Waals surface area (Å²) in [7, 11) is -3.53. The quantitative estimate of drug-likeness (QED) is 0.540. The van der Waals surface area contributed by atoms with E-state index in [1.807, 2.05) is 0 Å². The van der Waals surface area contributed by atoms with Gasteiger partial charge in [-0.3, -0.25) is 9.59 Å². The Balaban J connectivity index is 1.98. The van der Waals surface area contributed by atoms with Crippen molar-refractivity contribution >= 4 is 62.1 Å². The summed E-state index contributed by atoms with van der Waals surface area (Å²) in [5.41, 5.74) is -1.01. The molecule has 7 nitrogen and oxygen atoms in total. The fourth-order valence-corrected chi connectivity index (χ4v) is 4.70. The van der Waals surface area contributed by atoms with Crippen LogP contribution in [0, 0.1) is 0 Å². The first kappa shape index (κ1) is 24.0. The van der Waals surface area contributed by atoms with Gasteiger partial charge in [-0.05, 0) is 18.2 Å². The number of halogens is 6. The summed E-state index contributed by atoms with van der Waals surface area (Å²) in [5.74, 6) is -2.54. The maximum Gasteiger partial charge on any atom is 0.416 e. The maximum absolute atomic E-state index is 12.7. The van der Waals surface area contributed by atoms with Crippen LogP contribution in [0.4, 0.5) is 18.9 Å². The van der Waals surface area contributed by atoms with Crippen molar-refractivity contribution < 1.29 is 31.2 Å². The van der Waals surface area contributed by atoms with Crippen LogP contribution < -0.4 is 16.0 Å². The highest BCUT2D eigenvalue weighted by Crippen LogP contribution is 2.30. The summed E-state index contributed by atoms with van der Waals surface area (Å²) in [4.78, 5) is 23.8. The minimum atomic E-state index is -4.56. The zero-order valence-electron chi connectivity index (χ0n) is 14.4. The van der Waals surface area contributed by atoms with Crippen molar-refractivity contribution in [3.8, 4) is 0 Å². The summed E-state index contributed by atoms with van der Waals surface area (Å²) in [5, 5.41) is 7.22.